The number of aliphatic imine (C=N–C) groups is 1. The molecule has 0 saturated heterocycles. The molecule has 0 bridgehead atoms. The van der Waals surface area contributed by atoms with E-state index in [1.165, 1.54) is 17.4 Å². The van der Waals surface area contributed by atoms with E-state index in [1.807, 2.05) is 29.6 Å². The Morgan fingerprint density at radius 2 is 1.87 bits per heavy atom. The van der Waals surface area contributed by atoms with E-state index in [0.29, 0.717) is 17.0 Å². The molecule has 1 aliphatic rings. The maximum atomic E-state index is 12.1. The van der Waals surface area contributed by atoms with Gasteiger partial charge in [0.1, 0.15) is 29.7 Å². The first-order valence-electron chi connectivity index (χ1n) is 8.88. The second-order valence-corrected chi connectivity index (χ2v) is 8.78. The lowest BCUT2D eigenvalue weighted by Gasteiger charge is -2.04. The molecule has 2 heterocycles. The average molecular weight is 444 g/mol. The Bertz CT molecular complexity index is 1230. The van der Waals surface area contributed by atoms with E-state index in [4.69, 9.17) is 9.47 Å². The van der Waals surface area contributed by atoms with Crippen LogP contribution in [0.5, 0.6) is 5.75 Å². The zero-order valence-electron chi connectivity index (χ0n) is 15.9. The Morgan fingerprint density at radius 1 is 1.13 bits per heavy atom. The number of methoxy groups -OCH3 is 1. The molecule has 8 nitrogen and oxygen atoms in total. The molecule has 0 unspecified atom stereocenters. The number of hydrogen-bond donors (Lipinski definition) is 1. The number of amidine groups is 1. The highest BCUT2D eigenvalue weighted by Gasteiger charge is 2.30. The summed E-state index contributed by atoms with van der Waals surface area (Å²) in [5, 5.41) is 2.57. The summed E-state index contributed by atoms with van der Waals surface area (Å²) >= 11 is 1.42. The Hall–Kier alpha value is -3.24. The molecule has 1 aliphatic heterocycles. The van der Waals surface area contributed by atoms with Gasteiger partial charge in [-0.2, -0.15) is 0 Å². The lowest BCUT2D eigenvalue weighted by molar-refractivity contribution is -0.143. The summed E-state index contributed by atoms with van der Waals surface area (Å²) in [6.07, 6.45) is 0. The minimum absolute atomic E-state index is 0.00233. The molecule has 0 saturated carbocycles. The van der Waals surface area contributed by atoms with Gasteiger partial charge in [-0.05, 0) is 24.3 Å². The molecule has 154 valence electrons. The van der Waals surface area contributed by atoms with Gasteiger partial charge in [-0.3, -0.25) is 14.5 Å². The van der Waals surface area contributed by atoms with Gasteiger partial charge in [0.2, 0.25) is 0 Å². The maximum Gasteiger partial charge on any atom is 0.328 e. The van der Waals surface area contributed by atoms with Crippen LogP contribution in [0.2, 0.25) is 0 Å². The van der Waals surface area contributed by atoms with E-state index in [1.54, 1.807) is 25.3 Å². The number of ether oxygens (including phenoxy) is 2. The molecule has 0 aliphatic carbocycles. The summed E-state index contributed by atoms with van der Waals surface area (Å²) in [5.74, 6) is 0.262. The number of aromatic nitrogens is 1. The Morgan fingerprint density at radius 3 is 2.67 bits per heavy atom. The monoisotopic (exact) mass is 443 g/mol. The number of thiazole rings is 1. The number of sulfonamides is 1. The fourth-order valence-corrected chi connectivity index (χ4v) is 5.00. The second kappa shape index (κ2) is 8.25. The Balaban J connectivity index is 1.39. The molecule has 0 amide bonds. The van der Waals surface area contributed by atoms with Crippen LogP contribution in [0.4, 0.5) is 0 Å². The first-order valence-corrected chi connectivity index (χ1v) is 11.2. The highest BCUT2D eigenvalue weighted by atomic mass is 32.2. The summed E-state index contributed by atoms with van der Waals surface area (Å²) in [6.45, 7) is -0.312. The molecular weight excluding hydrogens is 426 g/mol. The lowest BCUT2D eigenvalue weighted by atomic mass is 10.2. The predicted molar refractivity (Wildman–Crippen MR) is 112 cm³/mol. The summed E-state index contributed by atoms with van der Waals surface area (Å²) in [6, 6.07) is 14.0. The lowest BCUT2D eigenvalue weighted by Crippen LogP contribution is -2.23. The smallest absolute Gasteiger partial charge is 0.328 e. The Kier molecular flexibility index (Phi) is 5.51. The van der Waals surface area contributed by atoms with E-state index in [-0.39, 0.29) is 23.9 Å². The van der Waals surface area contributed by atoms with Crippen molar-refractivity contribution in [3.8, 4) is 16.3 Å². The van der Waals surface area contributed by atoms with Gasteiger partial charge in [0, 0.05) is 10.9 Å². The fourth-order valence-electron chi connectivity index (χ4n) is 2.91. The number of rotatable bonds is 6. The first kappa shape index (κ1) is 20.0. The van der Waals surface area contributed by atoms with Crippen LogP contribution < -0.4 is 9.46 Å². The number of nitrogens with zero attached hydrogens (tertiary/aromatic N) is 2. The van der Waals surface area contributed by atoms with Crippen molar-refractivity contribution in [2.45, 2.75) is 11.5 Å². The zero-order valence-corrected chi connectivity index (χ0v) is 17.5. The largest absolute Gasteiger partial charge is 0.496 e. The molecule has 0 fully saturated rings. The van der Waals surface area contributed by atoms with Crippen molar-refractivity contribution < 1.29 is 22.7 Å². The van der Waals surface area contributed by atoms with Crippen LogP contribution in [-0.2, 0) is 26.2 Å². The molecular formula is C20H17N3O5S2. The van der Waals surface area contributed by atoms with E-state index in [2.05, 4.69) is 14.7 Å². The third-order valence-electron chi connectivity index (χ3n) is 4.30. The van der Waals surface area contributed by atoms with Crippen LogP contribution in [0.1, 0.15) is 11.3 Å². The molecule has 1 aromatic heterocycles. The average Bonchev–Trinajstić information content (AvgIpc) is 3.33. The maximum absolute atomic E-state index is 12.1. The quantitative estimate of drug-likeness (QED) is 0.587. The minimum Gasteiger partial charge on any atom is -0.496 e. The van der Waals surface area contributed by atoms with E-state index >= 15 is 0 Å². The summed E-state index contributed by atoms with van der Waals surface area (Å²) in [4.78, 5) is 20.8. The Labute approximate surface area is 177 Å². The normalized spacial score (nSPS) is 15.4. The van der Waals surface area contributed by atoms with Crippen molar-refractivity contribution in [2.24, 2.45) is 4.99 Å². The van der Waals surface area contributed by atoms with Gasteiger partial charge in [-0.1, -0.05) is 24.3 Å². The highest BCUT2D eigenvalue weighted by Crippen LogP contribution is 2.32. The highest BCUT2D eigenvalue weighted by molar-refractivity contribution is 7.90. The molecule has 0 spiro atoms. The van der Waals surface area contributed by atoms with Crippen LogP contribution in [0.15, 0.2) is 63.8 Å². The van der Waals surface area contributed by atoms with Gasteiger partial charge in [0.05, 0.1) is 23.3 Å². The van der Waals surface area contributed by atoms with Crippen LogP contribution >= 0.6 is 11.3 Å². The number of benzene rings is 2. The molecule has 4 rings (SSSR count). The molecule has 0 atom stereocenters. The van der Waals surface area contributed by atoms with Gasteiger partial charge >= 0.3 is 5.97 Å². The third kappa shape index (κ3) is 4.05. The molecule has 10 heteroatoms. The SMILES string of the molecule is COc1ccccc1-c1nc(COC(=O)CN=C2NS(=O)(=O)c3ccccc32)cs1. The molecule has 30 heavy (non-hydrogen) atoms. The number of nitrogens with one attached hydrogen (secondary N) is 1. The van der Waals surface area contributed by atoms with Crippen LogP contribution in [0.25, 0.3) is 10.6 Å². The van der Waals surface area contributed by atoms with Crippen molar-refractivity contribution >= 4 is 33.2 Å². The van der Waals surface area contributed by atoms with Crippen LogP contribution in [0.3, 0.4) is 0 Å². The molecule has 2 aromatic carbocycles. The second-order valence-electron chi connectivity index (χ2n) is 6.27. The minimum atomic E-state index is -3.64. The number of carbonyl (C=O) groups excluding carboxylic acids is 1. The van der Waals surface area contributed by atoms with E-state index < -0.39 is 16.0 Å². The van der Waals surface area contributed by atoms with Crippen molar-refractivity contribution in [2.75, 3.05) is 13.7 Å². The molecule has 0 radical (unpaired) electrons. The van der Waals surface area contributed by atoms with Crippen molar-refractivity contribution in [1.29, 1.82) is 0 Å². The van der Waals surface area contributed by atoms with Gasteiger partial charge < -0.3 is 9.47 Å². The summed E-state index contributed by atoms with van der Waals surface area (Å²) < 4.78 is 37.0. The van der Waals surface area contributed by atoms with Gasteiger partial charge in [-0.15, -0.1) is 11.3 Å². The van der Waals surface area contributed by atoms with Crippen molar-refractivity contribution in [3.05, 3.63) is 65.2 Å². The summed E-state index contributed by atoms with van der Waals surface area (Å²) in [7, 11) is -2.04. The van der Waals surface area contributed by atoms with Crippen molar-refractivity contribution in [1.82, 2.24) is 9.71 Å². The number of carbonyl (C=O) groups is 1. The molecule has 1 N–H and O–H groups in total. The number of para-hydroxylation sites is 1. The van der Waals surface area contributed by atoms with Gasteiger partial charge in [0.15, 0.2) is 0 Å². The topological polar surface area (TPSA) is 107 Å². The molecule has 3 aromatic rings. The van der Waals surface area contributed by atoms with Gasteiger partial charge in [-0.25, -0.2) is 13.4 Å². The summed E-state index contributed by atoms with van der Waals surface area (Å²) in [5.41, 5.74) is 1.90. The van der Waals surface area contributed by atoms with Crippen molar-refractivity contribution in [3.63, 3.8) is 0 Å². The van der Waals surface area contributed by atoms with Crippen LogP contribution in [-0.4, -0.2) is 38.9 Å². The third-order valence-corrected chi connectivity index (χ3v) is 6.62. The van der Waals surface area contributed by atoms with Crippen LogP contribution in [0, 0.1) is 0 Å². The zero-order chi connectivity index (χ0) is 21.1. The number of esters is 1. The number of fused-ring (bicyclic) bond motifs is 1. The van der Waals surface area contributed by atoms with Gasteiger partial charge in [0.25, 0.3) is 10.0 Å². The predicted octanol–water partition coefficient (Wildman–Crippen LogP) is 2.60. The fraction of sp³-hybridized carbons (Fsp3) is 0.150. The van der Waals surface area contributed by atoms with E-state index in [0.717, 1.165) is 10.6 Å². The standard InChI is InChI=1S/C20H17N3O5S2/c1-27-16-8-4-2-6-14(16)20-22-13(12-29-20)11-28-18(24)10-21-19-15-7-3-5-9-17(15)30(25,26)23-19/h2-9,12H,10-11H2,1H3,(H,21,23). The number of hydrogen-bond acceptors (Lipinski definition) is 8. The van der Waals surface area contributed by atoms with E-state index in [9.17, 15) is 13.2 Å². The first-order chi connectivity index (χ1) is 14.5.